The monoisotopic (exact) mass is 188 g/mol. The van der Waals surface area contributed by atoms with E-state index >= 15 is 0 Å². The summed E-state index contributed by atoms with van der Waals surface area (Å²) in [6.45, 7) is 1.99. The van der Waals surface area contributed by atoms with E-state index in [-0.39, 0.29) is 12.8 Å². The fourth-order valence-corrected chi connectivity index (χ4v) is 0.537. The number of rotatable bonds is 3. The predicted octanol–water partition coefficient (Wildman–Crippen LogP) is -0.446. The van der Waals surface area contributed by atoms with E-state index in [0.29, 0.717) is 0 Å². The van der Waals surface area contributed by atoms with Gasteiger partial charge in [-0.25, -0.2) is 0 Å². The number of carboxylic acids is 2. The van der Waals surface area contributed by atoms with Gasteiger partial charge >= 0.3 is 11.9 Å². The van der Waals surface area contributed by atoms with Crippen molar-refractivity contribution in [2.24, 2.45) is 4.99 Å². The molecule has 1 heterocycles. The third-order valence-corrected chi connectivity index (χ3v) is 1.12. The summed E-state index contributed by atoms with van der Waals surface area (Å²) in [4.78, 5) is 23.1. The highest BCUT2D eigenvalue weighted by Crippen LogP contribution is 1.86. The van der Waals surface area contributed by atoms with Gasteiger partial charge in [0.05, 0.1) is 25.7 Å². The van der Waals surface area contributed by atoms with E-state index in [1.54, 1.807) is 6.34 Å². The molecule has 0 aromatic rings. The molecule has 0 radical (unpaired) electrons. The van der Waals surface area contributed by atoms with Gasteiger partial charge in [-0.2, -0.15) is 0 Å². The number of nitrogens with one attached hydrogen (secondary N) is 1. The maximum Gasteiger partial charge on any atom is 0.303 e. The van der Waals surface area contributed by atoms with Crippen molar-refractivity contribution in [3.63, 3.8) is 0 Å². The molecule has 0 fully saturated rings. The van der Waals surface area contributed by atoms with Gasteiger partial charge in [-0.15, -0.1) is 0 Å². The number of aliphatic carboxylic acids is 2. The second-order valence-corrected chi connectivity index (χ2v) is 2.28. The van der Waals surface area contributed by atoms with Gasteiger partial charge in [-0.1, -0.05) is 0 Å². The van der Waals surface area contributed by atoms with Crippen LogP contribution in [0.3, 0.4) is 0 Å². The second-order valence-electron chi connectivity index (χ2n) is 2.28. The van der Waals surface area contributed by atoms with Gasteiger partial charge < -0.3 is 15.5 Å². The summed E-state index contributed by atoms with van der Waals surface area (Å²) < 4.78 is 0. The SMILES string of the molecule is C1=NCCN1.O=C(O)CCC(=O)O. The molecule has 6 nitrogen and oxygen atoms in total. The van der Waals surface area contributed by atoms with Crippen LogP contribution in [0.2, 0.25) is 0 Å². The molecule has 3 N–H and O–H groups in total. The first kappa shape index (κ1) is 11.4. The summed E-state index contributed by atoms with van der Waals surface area (Å²) in [6, 6.07) is 0. The summed E-state index contributed by atoms with van der Waals surface area (Å²) in [7, 11) is 0. The smallest absolute Gasteiger partial charge is 0.303 e. The highest BCUT2D eigenvalue weighted by Gasteiger charge is 2.00. The summed E-state index contributed by atoms with van der Waals surface area (Å²) in [5.41, 5.74) is 0. The van der Waals surface area contributed by atoms with Gasteiger partial charge in [0.2, 0.25) is 0 Å². The number of carboxylic acid groups (broad SMARTS) is 2. The standard InChI is InChI=1S/C4H6O4.C3H6N2/c5-3(6)1-2-4(7)8;1-2-5-3-4-1/h1-2H2,(H,5,6)(H,7,8);3H,1-2H2,(H,4,5). The minimum atomic E-state index is -1.08. The minimum absolute atomic E-state index is 0.296. The van der Waals surface area contributed by atoms with Crippen LogP contribution in [0.15, 0.2) is 4.99 Å². The lowest BCUT2D eigenvalue weighted by atomic mass is 10.3. The number of hydrogen-bond acceptors (Lipinski definition) is 4. The van der Waals surface area contributed by atoms with Crippen LogP contribution in [0.5, 0.6) is 0 Å². The van der Waals surface area contributed by atoms with Crippen molar-refractivity contribution in [1.29, 1.82) is 0 Å². The topological polar surface area (TPSA) is 99.0 Å². The molecule has 74 valence electrons. The highest BCUT2D eigenvalue weighted by atomic mass is 16.4. The summed E-state index contributed by atoms with van der Waals surface area (Å²) in [6.07, 6.45) is 1.14. The summed E-state index contributed by atoms with van der Waals surface area (Å²) in [5.74, 6) is -2.15. The number of carbonyl (C=O) groups is 2. The molecular formula is C7H12N2O4. The van der Waals surface area contributed by atoms with Gasteiger partial charge in [0.15, 0.2) is 0 Å². The Kier molecular flexibility index (Phi) is 6.21. The Morgan fingerprint density at radius 2 is 1.85 bits per heavy atom. The van der Waals surface area contributed by atoms with Gasteiger partial charge in [0.1, 0.15) is 0 Å². The Morgan fingerprint density at radius 1 is 1.31 bits per heavy atom. The van der Waals surface area contributed by atoms with Gasteiger partial charge in [-0.3, -0.25) is 14.6 Å². The molecular weight excluding hydrogens is 176 g/mol. The van der Waals surface area contributed by atoms with Crippen molar-refractivity contribution in [2.75, 3.05) is 13.1 Å². The van der Waals surface area contributed by atoms with Gasteiger partial charge in [0.25, 0.3) is 0 Å². The fourth-order valence-electron chi connectivity index (χ4n) is 0.537. The van der Waals surface area contributed by atoms with E-state index in [4.69, 9.17) is 10.2 Å². The Bertz CT molecular complexity index is 183. The summed E-state index contributed by atoms with van der Waals surface area (Å²) >= 11 is 0. The Morgan fingerprint density at radius 3 is 2.00 bits per heavy atom. The quantitative estimate of drug-likeness (QED) is 0.557. The molecule has 1 rings (SSSR count). The van der Waals surface area contributed by atoms with E-state index in [9.17, 15) is 9.59 Å². The average molecular weight is 188 g/mol. The second kappa shape index (κ2) is 7.08. The molecule has 0 aromatic carbocycles. The largest absolute Gasteiger partial charge is 0.481 e. The van der Waals surface area contributed by atoms with E-state index in [1.807, 2.05) is 0 Å². The first-order chi connectivity index (χ1) is 6.13. The van der Waals surface area contributed by atoms with Crippen LogP contribution in [0.4, 0.5) is 0 Å². The van der Waals surface area contributed by atoms with Crippen LogP contribution in [-0.4, -0.2) is 41.6 Å². The first-order valence-electron chi connectivity index (χ1n) is 3.78. The zero-order valence-corrected chi connectivity index (χ0v) is 7.06. The van der Waals surface area contributed by atoms with Crippen molar-refractivity contribution in [3.8, 4) is 0 Å². The number of nitrogens with zero attached hydrogens (tertiary/aromatic N) is 1. The molecule has 0 unspecified atom stereocenters. The Labute approximate surface area is 75.3 Å². The third kappa shape index (κ3) is 10.4. The van der Waals surface area contributed by atoms with E-state index in [0.717, 1.165) is 13.1 Å². The molecule has 0 atom stereocenters. The maximum atomic E-state index is 9.64. The zero-order chi connectivity index (χ0) is 10.1. The van der Waals surface area contributed by atoms with Crippen LogP contribution >= 0.6 is 0 Å². The van der Waals surface area contributed by atoms with Crippen LogP contribution in [-0.2, 0) is 9.59 Å². The van der Waals surface area contributed by atoms with Crippen LogP contribution in [0.1, 0.15) is 12.8 Å². The van der Waals surface area contributed by atoms with Gasteiger partial charge in [0, 0.05) is 6.54 Å². The number of aliphatic imine (C=N–C) groups is 1. The minimum Gasteiger partial charge on any atom is -0.481 e. The molecule has 0 amide bonds. The highest BCUT2D eigenvalue weighted by molar-refractivity contribution is 5.75. The predicted molar refractivity (Wildman–Crippen MR) is 45.9 cm³/mol. The zero-order valence-electron chi connectivity index (χ0n) is 7.06. The van der Waals surface area contributed by atoms with Crippen molar-refractivity contribution >= 4 is 18.3 Å². The first-order valence-corrected chi connectivity index (χ1v) is 3.78. The molecule has 0 aromatic heterocycles. The molecule has 0 spiro atoms. The van der Waals surface area contributed by atoms with Crippen molar-refractivity contribution in [2.45, 2.75) is 12.8 Å². The van der Waals surface area contributed by atoms with E-state index in [1.165, 1.54) is 0 Å². The molecule has 0 saturated heterocycles. The average Bonchev–Trinajstić information content (AvgIpc) is 2.57. The summed E-state index contributed by atoms with van der Waals surface area (Å²) in [5, 5.41) is 18.7. The van der Waals surface area contributed by atoms with Crippen molar-refractivity contribution in [3.05, 3.63) is 0 Å². The lowest BCUT2D eigenvalue weighted by molar-refractivity contribution is -0.143. The van der Waals surface area contributed by atoms with Crippen molar-refractivity contribution < 1.29 is 19.8 Å². The van der Waals surface area contributed by atoms with Crippen LogP contribution < -0.4 is 5.32 Å². The molecule has 13 heavy (non-hydrogen) atoms. The molecule has 6 heteroatoms. The normalized spacial score (nSPS) is 12.6. The molecule has 1 aliphatic rings. The van der Waals surface area contributed by atoms with E-state index < -0.39 is 11.9 Å². The fraction of sp³-hybridized carbons (Fsp3) is 0.571. The van der Waals surface area contributed by atoms with Crippen LogP contribution in [0, 0.1) is 0 Å². The maximum absolute atomic E-state index is 9.64. The lowest BCUT2D eigenvalue weighted by Gasteiger charge is -1.85. The molecule has 0 saturated carbocycles. The van der Waals surface area contributed by atoms with E-state index in [2.05, 4.69) is 10.3 Å². The van der Waals surface area contributed by atoms with Crippen LogP contribution in [0.25, 0.3) is 0 Å². The molecule has 0 bridgehead atoms. The number of hydrogen-bond donors (Lipinski definition) is 3. The molecule has 0 aliphatic carbocycles. The van der Waals surface area contributed by atoms with Crippen molar-refractivity contribution in [1.82, 2.24) is 5.32 Å². The lowest BCUT2D eigenvalue weighted by Crippen LogP contribution is -2.04. The van der Waals surface area contributed by atoms with Gasteiger partial charge in [-0.05, 0) is 0 Å². The Balaban J connectivity index is 0.000000243. The third-order valence-electron chi connectivity index (χ3n) is 1.12. The molecule has 1 aliphatic heterocycles. The Hall–Kier alpha value is -1.59.